The first-order valence-corrected chi connectivity index (χ1v) is 10.1. The molecule has 4 rings (SSSR count). The van der Waals surface area contributed by atoms with Crippen LogP contribution in [-0.2, 0) is 19.7 Å². The molecule has 146 valence electrons. The fraction of sp³-hybridized carbons (Fsp3) is 0.375. The minimum atomic E-state index is -0.785. The zero-order valence-electron chi connectivity index (χ0n) is 16.3. The van der Waals surface area contributed by atoms with Crippen LogP contribution in [0, 0.1) is 0 Å². The molecule has 2 aromatic carbocycles. The van der Waals surface area contributed by atoms with Gasteiger partial charge in [-0.2, -0.15) is 0 Å². The molecule has 1 heterocycles. The lowest BCUT2D eigenvalue weighted by Gasteiger charge is -2.48. The lowest BCUT2D eigenvalue weighted by Crippen LogP contribution is -2.53. The molecule has 2 N–H and O–H groups in total. The Morgan fingerprint density at radius 3 is 2.00 bits per heavy atom. The third-order valence-corrected chi connectivity index (χ3v) is 6.16. The molecule has 1 aliphatic heterocycles. The van der Waals surface area contributed by atoms with Crippen LogP contribution in [0.15, 0.2) is 72.1 Å². The van der Waals surface area contributed by atoms with Gasteiger partial charge in [-0.3, -0.25) is 0 Å². The minimum Gasteiger partial charge on any atom is -0.471 e. The van der Waals surface area contributed by atoms with Gasteiger partial charge in [-0.15, -0.1) is 0 Å². The van der Waals surface area contributed by atoms with Gasteiger partial charge in [0.1, 0.15) is 11.2 Å². The summed E-state index contributed by atoms with van der Waals surface area (Å²) in [5, 5.41) is 0. The minimum absolute atomic E-state index is 0.202. The van der Waals surface area contributed by atoms with E-state index in [0.29, 0.717) is 12.2 Å². The Morgan fingerprint density at radius 2 is 1.50 bits per heavy atom. The third kappa shape index (κ3) is 2.62. The molecule has 0 aromatic heterocycles. The largest absolute Gasteiger partial charge is 0.471 e. The summed E-state index contributed by atoms with van der Waals surface area (Å²) in [6, 6.07) is 20.3. The number of benzene rings is 2. The number of rotatable bonds is 4. The number of carbonyl (C=O) groups excluding carboxylic acids is 1. The number of ether oxygens (including phenoxy) is 2. The van der Waals surface area contributed by atoms with Crippen LogP contribution in [0.4, 0.5) is 0 Å². The zero-order chi connectivity index (χ0) is 19.6. The molecule has 1 spiro atoms. The molecule has 4 nitrogen and oxygen atoms in total. The van der Waals surface area contributed by atoms with Crippen molar-refractivity contribution in [2.24, 2.45) is 5.73 Å². The van der Waals surface area contributed by atoms with Crippen LogP contribution in [-0.4, -0.2) is 18.2 Å². The van der Waals surface area contributed by atoms with Gasteiger partial charge < -0.3 is 15.2 Å². The maximum Gasteiger partial charge on any atom is 0.340 e. The Labute approximate surface area is 166 Å². The number of carbonyl (C=O) groups is 1. The molecule has 1 saturated carbocycles. The molecule has 0 atom stereocenters. The molecule has 4 heteroatoms. The molecule has 28 heavy (non-hydrogen) atoms. The predicted octanol–water partition coefficient (Wildman–Crippen LogP) is 4.44. The molecule has 2 aromatic rings. The Kier molecular flexibility index (Phi) is 4.88. The van der Waals surface area contributed by atoms with Crippen LogP contribution in [0.1, 0.15) is 50.2 Å². The maximum absolute atomic E-state index is 13.2. The standard InChI is InChI=1S/C24H27NO3/c1-2-27-22(26)20-21(25)28-23(16-10-5-11-17-23)24(20,18-12-6-3-7-13-18)19-14-8-4-9-15-19/h3-4,6-9,12-15H,2,5,10-11,16-17,25H2,1H3. The molecular formula is C24H27NO3. The SMILES string of the molecule is CCOC(=O)C1=C(N)OC2(CCCCC2)C1(c1ccccc1)c1ccccc1. The highest BCUT2D eigenvalue weighted by Gasteiger charge is 2.65. The van der Waals surface area contributed by atoms with Crippen molar-refractivity contribution < 1.29 is 14.3 Å². The normalized spacial score (nSPS) is 20.0. The van der Waals surface area contributed by atoms with Crippen molar-refractivity contribution in [3.05, 3.63) is 83.2 Å². The summed E-state index contributed by atoms with van der Waals surface area (Å²) >= 11 is 0. The molecule has 1 fully saturated rings. The molecule has 2 aliphatic rings. The van der Waals surface area contributed by atoms with Crippen molar-refractivity contribution in [1.82, 2.24) is 0 Å². The fourth-order valence-electron chi connectivity index (χ4n) is 5.17. The second kappa shape index (κ2) is 7.34. The Morgan fingerprint density at radius 1 is 0.964 bits per heavy atom. The van der Waals surface area contributed by atoms with Crippen LogP contribution in [0.2, 0.25) is 0 Å². The van der Waals surface area contributed by atoms with E-state index in [-0.39, 0.29) is 5.88 Å². The zero-order valence-corrected chi connectivity index (χ0v) is 16.3. The summed E-state index contributed by atoms with van der Waals surface area (Å²) in [7, 11) is 0. The van der Waals surface area contributed by atoms with E-state index in [1.165, 1.54) is 6.42 Å². The smallest absolute Gasteiger partial charge is 0.340 e. The molecule has 0 unspecified atom stereocenters. The summed E-state index contributed by atoms with van der Waals surface area (Å²) in [5.41, 5.74) is 7.53. The summed E-state index contributed by atoms with van der Waals surface area (Å²) in [5.74, 6) is -0.191. The Balaban J connectivity index is 2.06. The topological polar surface area (TPSA) is 61.5 Å². The van der Waals surface area contributed by atoms with E-state index >= 15 is 0 Å². The van der Waals surface area contributed by atoms with E-state index in [4.69, 9.17) is 15.2 Å². The van der Waals surface area contributed by atoms with E-state index in [1.807, 2.05) is 43.3 Å². The van der Waals surface area contributed by atoms with Crippen LogP contribution in [0.5, 0.6) is 0 Å². The average molecular weight is 377 g/mol. The van der Waals surface area contributed by atoms with E-state index in [1.54, 1.807) is 0 Å². The number of hydrogen-bond acceptors (Lipinski definition) is 4. The van der Waals surface area contributed by atoms with Gasteiger partial charge in [-0.1, -0.05) is 67.1 Å². The Hall–Kier alpha value is -2.75. The monoisotopic (exact) mass is 377 g/mol. The van der Waals surface area contributed by atoms with Gasteiger partial charge in [-0.05, 0) is 43.7 Å². The van der Waals surface area contributed by atoms with Crippen molar-refractivity contribution in [3.63, 3.8) is 0 Å². The third-order valence-electron chi connectivity index (χ3n) is 6.16. The highest BCUT2D eigenvalue weighted by molar-refractivity contribution is 5.95. The average Bonchev–Trinajstić information content (AvgIpc) is 2.98. The van der Waals surface area contributed by atoms with E-state index in [0.717, 1.165) is 36.8 Å². The maximum atomic E-state index is 13.2. The summed E-state index contributed by atoms with van der Waals surface area (Å²) in [6.45, 7) is 2.11. The second-order valence-electron chi connectivity index (χ2n) is 7.60. The predicted molar refractivity (Wildman–Crippen MR) is 108 cm³/mol. The summed E-state index contributed by atoms with van der Waals surface area (Å²) < 4.78 is 11.9. The van der Waals surface area contributed by atoms with Crippen molar-refractivity contribution in [2.75, 3.05) is 6.61 Å². The van der Waals surface area contributed by atoms with E-state index in [2.05, 4.69) is 24.3 Å². The highest BCUT2D eigenvalue weighted by Crippen LogP contribution is 2.59. The van der Waals surface area contributed by atoms with Crippen molar-refractivity contribution in [2.45, 2.75) is 50.0 Å². The molecule has 0 radical (unpaired) electrons. The van der Waals surface area contributed by atoms with Crippen molar-refractivity contribution >= 4 is 5.97 Å². The van der Waals surface area contributed by atoms with E-state index in [9.17, 15) is 4.79 Å². The lowest BCUT2D eigenvalue weighted by molar-refractivity contribution is -0.139. The van der Waals surface area contributed by atoms with Gasteiger partial charge in [0.05, 0.1) is 12.0 Å². The van der Waals surface area contributed by atoms with Gasteiger partial charge in [0.2, 0.25) is 0 Å². The quantitative estimate of drug-likeness (QED) is 0.800. The van der Waals surface area contributed by atoms with Gasteiger partial charge in [0.25, 0.3) is 0 Å². The lowest BCUT2D eigenvalue weighted by atomic mass is 9.56. The highest BCUT2D eigenvalue weighted by atomic mass is 16.5. The molecule has 1 aliphatic carbocycles. The first-order chi connectivity index (χ1) is 13.7. The fourth-order valence-corrected chi connectivity index (χ4v) is 5.17. The van der Waals surface area contributed by atoms with Crippen LogP contribution < -0.4 is 5.73 Å². The molecule has 0 amide bonds. The first kappa shape index (κ1) is 18.6. The number of esters is 1. The van der Waals surface area contributed by atoms with Gasteiger partial charge in [0.15, 0.2) is 5.88 Å². The van der Waals surface area contributed by atoms with Crippen molar-refractivity contribution in [1.29, 1.82) is 0 Å². The second-order valence-corrected chi connectivity index (χ2v) is 7.60. The van der Waals surface area contributed by atoms with Gasteiger partial charge in [0, 0.05) is 0 Å². The molecule has 0 saturated heterocycles. The van der Waals surface area contributed by atoms with Crippen LogP contribution in [0.3, 0.4) is 0 Å². The summed E-state index contributed by atoms with van der Waals surface area (Å²) in [4.78, 5) is 13.2. The van der Waals surface area contributed by atoms with Gasteiger partial charge in [-0.25, -0.2) is 4.79 Å². The van der Waals surface area contributed by atoms with Gasteiger partial charge >= 0.3 is 5.97 Å². The molecule has 0 bridgehead atoms. The molecular weight excluding hydrogens is 350 g/mol. The Bertz CT molecular complexity index is 828. The number of nitrogens with two attached hydrogens (primary N) is 1. The first-order valence-electron chi connectivity index (χ1n) is 10.1. The van der Waals surface area contributed by atoms with Crippen LogP contribution >= 0.6 is 0 Å². The van der Waals surface area contributed by atoms with Crippen LogP contribution in [0.25, 0.3) is 0 Å². The van der Waals surface area contributed by atoms with E-state index < -0.39 is 17.0 Å². The summed E-state index contributed by atoms with van der Waals surface area (Å²) in [6.07, 6.45) is 4.95. The number of hydrogen-bond donors (Lipinski definition) is 1. The van der Waals surface area contributed by atoms with Crippen molar-refractivity contribution in [3.8, 4) is 0 Å².